The van der Waals surface area contributed by atoms with Crippen LogP contribution in [0.15, 0.2) is 72.8 Å². The summed E-state index contributed by atoms with van der Waals surface area (Å²) in [5.74, 6) is 1.78. The fraction of sp³-hybridized carbons (Fsp3) is 0.405. The minimum Gasteiger partial charge on any atom is -0.294 e. The molecule has 0 heterocycles. The minimum absolute atomic E-state index is 0.303. The highest BCUT2D eigenvalue weighted by Gasteiger charge is 2.47. The maximum Gasteiger partial charge on any atom is 0.416 e. The Morgan fingerprint density at radius 2 is 0.565 bits per heavy atom. The smallest absolute Gasteiger partial charge is 0.294 e. The number of Topliss-reactive ketones (excluding diaryl/α,β-unsaturated/α-hetero) is 1. The van der Waals surface area contributed by atoms with Crippen LogP contribution in [-0.4, -0.2) is 30.2 Å². The van der Waals surface area contributed by atoms with Gasteiger partial charge in [0, 0.05) is 5.92 Å². The van der Waals surface area contributed by atoms with Gasteiger partial charge in [-0.3, -0.25) is 4.79 Å². The summed E-state index contributed by atoms with van der Waals surface area (Å²) in [7, 11) is 0.303. The van der Waals surface area contributed by atoms with Crippen LogP contribution in [0.3, 0.4) is 0 Å². The van der Waals surface area contributed by atoms with Gasteiger partial charge in [0.15, 0.2) is 11.5 Å². The standard InChI is InChI=1S/C32H12BF24.C10H19OS/c34-25(35,36)13-1-14(26(37,38)39)6-21(5-13)33(22-7-15(27(40,41)42)2-16(8-22)28(43,44)45,23-9-17(29(46,47)48)3-18(10-23)30(49,50)51)24-11-19(31(52,53)54)4-20(12-24)32(55,56)57;1-12(2)8-10(11)9-6-4-3-5-7-9/h1-12H;9H,3-8H2,1-2H3/q-1;+1. The molecule has 1 saturated carbocycles. The van der Waals surface area contributed by atoms with Crippen LogP contribution in [0.25, 0.3) is 0 Å². The molecule has 69 heavy (non-hydrogen) atoms. The van der Waals surface area contributed by atoms with Gasteiger partial charge in [-0.1, -0.05) is 67.8 Å². The Bertz CT molecular complexity index is 2020. The van der Waals surface area contributed by atoms with Gasteiger partial charge < -0.3 is 0 Å². The first kappa shape index (κ1) is 56.9. The summed E-state index contributed by atoms with van der Waals surface area (Å²) in [4.78, 5) is 11.6. The molecule has 0 aliphatic heterocycles. The highest BCUT2D eigenvalue weighted by atomic mass is 32.2. The molecule has 1 fully saturated rings. The number of rotatable bonds is 7. The molecular weight excluding hydrogens is 1020 g/mol. The van der Waals surface area contributed by atoms with Crippen molar-refractivity contribution in [3.8, 4) is 0 Å². The number of carbonyl (C=O) groups excluding carboxylic acids is 1. The van der Waals surface area contributed by atoms with Crippen molar-refractivity contribution < 1.29 is 110 Å². The lowest BCUT2D eigenvalue weighted by Crippen LogP contribution is -2.75. The Morgan fingerprint density at radius 3 is 0.725 bits per heavy atom. The number of alkyl halides is 24. The first-order valence-corrected chi connectivity index (χ1v) is 21.6. The number of halogens is 24. The van der Waals surface area contributed by atoms with Crippen LogP contribution < -0.4 is 21.9 Å². The SMILES string of the molecule is C[S+](C)CC(=O)C1CCCCC1.FC(F)(F)c1cc([B-](c2cc(C(F)(F)F)cc(C(F)(F)F)c2)(c2cc(C(F)(F)F)cc(C(F)(F)F)c2)c2cc(C(F)(F)F)cc(C(F)(F)F)c2)cc(C(F)(F)F)c1. The van der Waals surface area contributed by atoms with Crippen molar-refractivity contribution >= 4 is 44.7 Å². The van der Waals surface area contributed by atoms with Crippen molar-refractivity contribution in [3.63, 3.8) is 0 Å². The van der Waals surface area contributed by atoms with Crippen molar-refractivity contribution in [2.75, 3.05) is 18.3 Å². The first-order chi connectivity index (χ1) is 31.0. The number of hydrogen-bond acceptors (Lipinski definition) is 1. The molecule has 1 aliphatic carbocycles. The van der Waals surface area contributed by atoms with E-state index in [2.05, 4.69) is 12.5 Å². The molecule has 382 valence electrons. The van der Waals surface area contributed by atoms with E-state index < -0.39 is 195 Å². The summed E-state index contributed by atoms with van der Waals surface area (Å²) >= 11 is 0. The van der Waals surface area contributed by atoms with Crippen LogP contribution in [0.4, 0.5) is 105 Å². The van der Waals surface area contributed by atoms with Crippen LogP contribution >= 0.6 is 0 Å². The Kier molecular flexibility index (Phi) is 16.0. The van der Waals surface area contributed by atoms with Gasteiger partial charge in [-0.15, -0.1) is 0 Å². The van der Waals surface area contributed by atoms with Gasteiger partial charge >= 0.3 is 49.4 Å². The quantitative estimate of drug-likeness (QED) is 0.102. The van der Waals surface area contributed by atoms with Crippen LogP contribution in [0, 0.1) is 5.92 Å². The van der Waals surface area contributed by atoms with Crippen LogP contribution in [0.5, 0.6) is 0 Å². The van der Waals surface area contributed by atoms with Gasteiger partial charge in [-0.2, -0.15) is 127 Å². The molecule has 0 N–H and O–H groups in total. The molecule has 4 aromatic rings. The minimum atomic E-state index is -6.13. The van der Waals surface area contributed by atoms with E-state index in [4.69, 9.17) is 0 Å². The monoisotopic (exact) mass is 1050 g/mol. The predicted octanol–water partition coefficient (Wildman–Crippen LogP) is 13.2. The van der Waals surface area contributed by atoms with Crippen molar-refractivity contribution in [3.05, 3.63) is 117 Å². The molecule has 1 nitrogen and oxygen atoms in total. The zero-order valence-electron chi connectivity index (χ0n) is 34.7. The fourth-order valence-corrected chi connectivity index (χ4v) is 8.70. The Labute approximate surface area is 377 Å². The van der Waals surface area contributed by atoms with E-state index in [1.807, 2.05) is 0 Å². The van der Waals surface area contributed by atoms with Gasteiger partial charge in [0.1, 0.15) is 6.15 Å². The molecule has 0 aromatic heterocycles. The molecule has 1 aliphatic rings. The Hall–Kier alpha value is -4.72. The average Bonchev–Trinajstić information content (AvgIpc) is 3.18. The summed E-state index contributed by atoms with van der Waals surface area (Å²) in [5.41, 5.74) is -30.2. The number of ketones is 1. The van der Waals surface area contributed by atoms with Crippen LogP contribution in [0.2, 0.25) is 0 Å². The van der Waals surface area contributed by atoms with Crippen molar-refractivity contribution in [2.24, 2.45) is 5.92 Å². The van der Waals surface area contributed by atoms with Gasteiger partial charge in [0.25, 0.3) is 0 Å². The van der Waals surface area contributed by atoms with E-state index in [1.165, 1.54) is 19.3 Å². The van der Waals surface area contributed by atoms with Gasteiger partial charge in [-0.05, 0) is 48.0 Å². The molecule has 0 bridgehead atoms. The van der Waals surface area contributed by atoms with Crippen molar-refractivity contribution in [1.82, 2.24) is 0 Å². The summed E-state index contributed by atoms with van der Waals surface area (Å²) in [6.07, 6.45) is -44.3. The van der Waals surface area contributed by atoms with Gasteiger partial charge in [0.05, 0.1) is 57.0 Å². The third-order valence-electron chi connectivity index (χ3n) is 10.9. The van der Waals surface area contributed by atoms with Crippen molar-refractivity contribution in [2.45, 2.75) is 81.5 Å². The van der Waals surface area contributed by atoms with E-state index in [0.717, 1.165) is 18.6 Å². The van der Waals surface area contributed by atoms with Crippen LogP contribution in [-0.2, 0) is 65.1 Å². The van der Waals surface area contributed by atoms with E-state index in [-0.39, 0.29) is 0 Å². The lowest BCUT2D eigenvalue weighted by atomic mass is 9.12. The maximum absolute atomic E-state index is 14.2. The summed E-state index contributed by atoms with van der Waals surface area (Å²) < 4.78 is 341. The molecular formula is C42H31BF24OS. The molecule has 0 saturated heterocycles. The molecule has 0 spiro atoms. The molecule has 0 atom stereocenters. The summed E-state index contributed by atoms with van der Waals surface area (Å²) in [6, 6.07) is -8.81. The fourth-order valence-electron chi connectivity index (χ4n) is 7.90. The largest absolute Gasteiger partial charge is 0.416 e. The highest BCUT2D eigenvalue weighted by Crippen LogP contribution is 2.41. The lowest BCUT2D eigenvalue weighted by Gasteiger charge is -2.46. The third kappa shape index (κ3) is 13.8. The number of carbonyl (C=O) groups is 1. The van der Waals surface area contributed by atoms with Crippen LogP contribution in [0.1, 0.15) is 76.6 Å². The topological polar surface area (TPSA) is 17.1 Å². The summed E-state index contributed by atoms with van der Waals surface area (Å²) in [5, 5.41) is 0. The van der Waals surface area contributed by atoms with E-state index in [1.54, 1.807) is 0 Å². The first-order valence-electron chi connectivity index (χ1n) is 19.4. The number of benzene rings is 4. The zero-order valence-corrected chi connectivity index (χ0v) is 35.5. The molecule has 4 aromatic carbocycles. The summed E-state index contributed by atoms with van der Waals surface area (Å²) in [6.45, 7) is 0. The second-order valence-electron chi connectivity index (χ2n) is 16.2. The predicted molar refractivity (Wildman–Crippen MR) is 206 cm³/mol. The molecule has 0 amide bonds. The normalized spacial score (nSPS) is 15.3. The van der Waals surface area contributed by atoms with E-state index in [9.17, 15) is 110 Å². The average molecular weight is 1050 g/mol. The molecule has 0 radical (unpaired) electrons. The van der Waals surface area contributed by atoms with Gasteiger partial charge in [0.2, 0.25) is 0 Å². The maximum atomic E-state index is 14.2. The second kappa shape index (κ2) is 19.5. The lowest BCUT2D eigenvalue weighted by molar-refractivity contribution is -0.144. The molecule has 5 rings (SSSR count). The van der Waals surface area contributed by atoms with E-state index >= 15 is 0 Å². The highest BCUT2D eigenvalue weighted by molar-refractivity contribution is 7.96. The molecule has 27 heteroatoms. The van der Waals surface area contributed by atoms with E-state index in [0.29, 0.717) is 22.6 Å². The third-order valence-corrected chi connectivity index (χ3v) is 11.8. The second-order valence-corrected chi connectivity index (χ2v) is 18.4. The zero-order chi connectivity index (χ0) is 52.9. The van der Waals surface area contributed by atoms with Crippen molar-refractivity contribution in [1.29, 1.82) is 0 Å². The van der Waals surface area contributed by atoms with Gasteiger partial charge in [-0.25, -0.2) is 0 Å². The Morgan fingerprint density at radius 1 is 0.377 bits per heavy atom. The number of hydrogen-bond donors (Lipinski definition) is 0. The molecule has 0 unspecified atom stereocenters. The Balaban J connectivity index is 0.000000750.